The van der Waals surface area contributed by atoms with Gasteiger partial charge in [0.05, 0.1) is 0 Å². The summed E-state index contributed by atoms with van der Waals surface area (Å²) in [5.74, 6) is 0. The zero-order valence-electron chi connectivity index (χ0n) is 17.3. The van der Waals surface area contributed by atoms with Crippen molar-refractivity contribution in [3.8, 4) is 0 Å². The highest BCUT2D eigenvalue weighted by atomic mass is 16.5. The van der Waals surface area contributed by atoms with Gasteiger partial charge in [-0.15, -0.1) is 0 Å². The molecular weight excluding hydrogens is 328 g/mol. The fourth-order valence-electron chi connectivity index (χ4n) is 1.84. The maximum atomic E-state index is 9.83. The molecule has 4 heteroatoms. The number of rotatable bonds is 12. The highest BCUT2D eigenvalue weighted by Gasteiger charge is 1.89. The summed E-state index contributed by atoms with van der Waals surface area (Å²) in [6.45, 7) is 14.2. The molecule has 0 fully saturated rings. The second-order valence-corrected chi connectivity index (χ2v) is 6.60. The van der Waals surface area contributed by atoms with Crippen LogP contribution < -0.4 is 0 Å². The van der Waals surface area contributed by atoms with Crippen LogP contribution in [-0.2, 0) is 19.1 Å². The standard InChI is InChI=1S/2C11H18O2/c2*1-10(2)5-4-6-11(3)7-8-13-9-12/h2*5,7,9H,4,6,8H2,1-3H3. The van der Waals surface area contributed by atoms with Gasteiger partial charge in [0.1, 0.15) is 13.2 Å². The van der Waals surface area contributed by atoms with E-state index in [-0.39, 0.29) is 0 Å². The molecule has 0 bridgehead atoms. The van der Waals surface area contributed by atoms with Gasteiger partial charge < -0.3 is 9.47 Å². The molecule has 0 unspecified atom stereocenters. The van der Waals surface area contributed by atoms with Gasteiger partial charge in [0.15, 0.2) is 0 Å². The van der Waals surface area contributed by atoms with Crippen LogP contribution in [0.15, 0.2) is 46.6 Å². The van der Waals surface area contributed by atoms with Crippen molar-refractivity contribution in [1.82, 2.24) is 0 Å². The Balaban J connectivity index is 0. The molecule has 4 nitrogen and oxygen atoms in total. The number of hydrogen-bond acceptors (Lipinski definition) is 4. The topological polar surface area (TPSA) is 52.6 Å². The van der Waals surface area contributed by atoms with E-state index < -0.39 is 0 Å². The van der Waals surface area contributed by atoms with Gasteiger partial charge in [-0.25, -0.2) is 0 Å². The molecule has 0 aliphatic heterocycles. The quantitative estimate of drug-likeness (QED) is 0.253. The normalized spacial score (nSPS) is 10.8. The van der Waals surface area contributed by atoms with Crippen molar-refractivity contribution in [3.05, 3.63) is 46.6 Å². The molecule has 26 heavy (non-hydrogen) atoms. The van der Waals surface area contributed by atoms with Gasteiger partial charge in [0, 0.05) is 0 Å². The Bertz CT molecular complexity index is 442. The SMILES string of the molecule is CC(C)=CCCC(C)=CCOC=O.CC(C)=CCCC(C)=CCOC=O. The first-order valence-corrected chi connectivity index (χ1v) is 9.01. The van der Waals surface area contributed by atoms with Gasteiger partial charge in [-0.3, -0.25) is 9.59 Å². The fraction of sp³-hybridized carbons (Fsp3) is 0.545. The van der Waals surface area contributed by atoms with Crippen LogP contribution in [0, 0.1) is 0 Å². The molecule has 0 saturated heterocycles. The van der Waals surface area contributed by atoms with E-state index in [9.17, 15) is 9.59 Å². The zero-order chi connectivity index (χ0) is 20.2. The van der Waals surface area contributed by atoms with Crippen molar-refractivity contribution in [2.24, 2.45) is 0 Å². The van der Waals surface area contributed by atoms with E-state index in [1.807, 2.05) is 26.0 Å². The average molecular weight is 365 g/mol. The highest BCUT2D eigenvalue weighted by Crippen LogP contribution is 2.06. The Morgan fingerprint density at radius 1 is 0.615 bits per heavy atom. The Morgan fingerprint density at radius 2 is 0.962 bits per heavy atom. The molecule has 0 atom stereocenters. The van der Waals surface area contributed by atoms with E-state index >= 15 is 0 Å². The molecule has 0 aromatic carbocycles. The molecule has 0 aliphatic rings. The summed E-state index contributed by atoms with van der Waals surface area (Å²) >= 11 is 0. The lowest BCUT2D eigenvalue weighted by Gasteiger charge is -1.98. The van der Waals surface area contributed by atoms with Gasteiger partial charge in [-0.05, 0) is 79.4 Å². The van der Waals surface area contributed by atoms with Crippen LogP contribution in [0.3, 0.4) is 0 Å². The molecule has 0 rings (SSSR count). The number of allylic oxidation sites excluding steroid dienone is 6. The third kappa shape index (κ3) is 24.2. The molecule has 0 aliphatic carbocycles. The molecule has 0 heterocycles. The monoisotopic (exact) mass is 364 g/mol. The van der Waals surface area contributed by atoms with Crippen molar-refractivity contribution in [2.45, 2.75) is 67.2 Å². The first kappa shape index (κ1) is 26.1. The van der Waals surface area contributed by atoms with Crippen molar-refractivity contribution >= 4 is 12.9 Å². The number of carbonyl (C=O) groups is 2. The van der Waals surface area contributed by atoms with Crippen LogP contribution in [0.1, 0.15) is 67.2 Å². The van der Waals surface area contributed by atoms with Crippen molar-refractivity contribution < 1.29 is 19.1 Å². The molecule has 0 aromatic heterocycles. The fourth-order valence-corrected chi connectivity index (χ4v) is 1.84. The Kier molecular flexibility index (Phi) is 19.3. The van der Waals surface area contributed by atoms with Crippen molar-refractivity contribution in [3.63, 3.8) is 0 Å². The summed E-state index contributed by atoms with van der Waals surface area (Å²) in [6, 6.07) is 0. The lowest BCUT2D eigenvalue weighted by molar-refractivity contribution is -0.128. The van der Waals surface area contributed by atoms with Gasteiger partial charge in [-0.1, -0.05) is 34.4 Å². The molecular formula is C22H36O4. The lowest BCUT2D eigenvalue weighted by Crippen LogP contribution is -1.88. The van der Waals surface area contributed by atoms with E-state index in [0.717, 1.165) is 25.7 Å². The van der Waals surface area contributed by atoms with E-state index in [1.165, 1.54) is 22.3 Å². The zero-order valence-corrected chi connectivity index (χ0v) is 17.3. The van der Waals surface area contributed by atoms with Crippen LogP contribution in [0.2, 0.25) is 0 Å². The van der Waals surface area contributed by atoms with Gasteiger partial charge >= 0.3 is 0 Å². The summed E-state index contributed by atoms with van der Waals surface area (Å²) in [5, 5.41) is 0. The van der Waals surface area contributed by atoms with Crippen LogP contribution in [0.4, 0.5) is 0 Å². The maximum absolute atomic E-state index is 9.83. The minimum absolute atomic E-state index is 0.393. The summed E-state index contributed by atoms with van der Waals surface area (Å²) < 4.78 is 9.12. The molecule has 0 amide bonds. The molecule has 0 saturated carbocycles. The van der Waals surface area contributed by atoms with Gasteiger partial charge in [-0.2, -0.15) is 0 Å². The summed E-state index contributed by atoms with van der Waals surface area (Å²) in [6.07, 6.45) is 12.5. The van der Waals surface area contributed by atoms with Crippen LogP contribution in [0.5, 0.6) is 0 Å². The molecule has 0 N–H and O–H groups in total. The molecule has 0 radical (unpaired) electrons. The second kappa shape index (κ2) is 19.2. The summed E-state index contributed by atoms with van der Waals surface area (Å²) in [7, 11) is 0. The van der Waals surface area contributed by atoms with Crippen molar-refractivity contribution in [2.75, 3.05) is 13.2 Å². The third-order valence-electron chi connectivity index (χ3n) is 3.37. The number of ether oxygens (including phenoxy) is 2. The van der Waals surface area contributed by atoms with E-state index in [4.69, 9.17) is 0 Å². The van der Waals surface area contributed by atoms with Crippen LogP contribution in [-0.4, -0.2) is 26.2 Å². The summed E-state index contributed by atoms with van der Waals surface area (Å²) in [5.41, 5.74) is 5.22. The van der Waals surface area contributed by atoms with Gasteiger partial charge in [0.25, 0.3) is 12.9 Å². The maximum Gasteiger partial charge on any atom is 0.293 e. The molecule has 0 spiro atoms. The van der Waals surface area contributed by atoms with Crippen LogP contribution in [0.25, 0.3) is 0 Å². The Morgan fingerprint density at radius 3 is 1.23 bits per heavy atom. The molecule has 0 aromatic rings. The number of carbonyl (C=O) groups excluding carboxylic acids is 2. The Labute approximate surface area is 159 Å². The third-order valence-corrected chi connectivity index (χ3v) is 3.37. The minimum atomic E-state index is 0.393. The second-order valence-electron chi connectivity index (χ2n) is 6.60. The van der Waals surface area contributed by atoms with Gasteiger partial charge in [0.2, 0.25) is 0 Å². The first-order valence-electron chi connectivity index (χ1n) is 9.01. The first-order chi connectivity index (χ1) is 12.3. The predicted octanol–water partition coefficient (Wildman–Crippen LogP) is 5.70. The van der Waals surface area contributed by atoms with Crippen LogP contribution >= 0.6 is 0 Å². The smallest absolute Gasteiger partial charge is 0.293 e. The Hall–Kier alpha value is -2.10. The van der Waals surface area contributed by atoms with E-state index in [1.54, 1.807) is 0 Å². The molecule has 148 valence electrons. The van der Waals surface area contributed by atoms with E-state index in [2.05, 4.69) is 49.3 Å². The van der Waals surface area contributed by atoms with Crippen molar-refractivity contribution in [1.29, 1.82) is 0 Å². The highest BCUT2D eigenvalue weighted by molar-refractivity contribution is 5.37. The predicted molar refractivity (Wildman–Crippen MR) is 109 cm³/mol. The average Bonchev–Trinajstić information content (AvgIpc) is 2.55. The minimum Gasteiger partial charge on any atom is -0.464 e. The largest absolute Gasteiger partial charge is 0.464 e. The summed E-state index contributed by atoms with van der Waals surface area (Å²) in [4.78, 5) is 19.7. The van der Waals surface area contributed by atoms with E-state index in [0.29, 0.717) is 26.2 Å². The lowest BCUT2D eigenvalue weighted by atomic mass is 10.1. The number of hydrogen-bond donors (Lipinski definition) is 0.